The van der Waals surface area contributed by atoms with Gasteiger partial charge in [0.05, 0.1) is 17.6 Å². The fourth-order valence-corrected chi connectivity index (χ4v) is 2.28. The molecule has 17 heavy (non-hydrogen) atoms. The van der Waals surface area contributed by atoms with E-state index in [0.29, 0.717) is 6.61 Å². The van der Waals surface area contributed by atoms with Crippen LogP contribution in [0.15, 0.2) is 23.1 Å². The van der Waals surface area contributed by atoms with Crippen LogP contribution < -0.4 is 0 Å². The lowest BCUT2D eigenvalue weighted by atomic mass is 10.1. The highest BCUT2D eigenvalue weighted by atomic mass is 32.2. The Kier molecular flexibility index (Phi) is 2.86. The normalized spacial score (nSPS) is 19.0. The Balaban J connectivity index is 2.55. The van der Waals surface area contributed by atoms with Crippen LogP contribution in [-0.4, -0.2) is 30.6 Å². The second-order valence-corrected chi connectivity index (χ2v) is 5.05. The first kappa shape index (κ1) is 12.0. The maximum absolute atomic E-state index is 11.0. The third-order valence-corrected chi connectivity index (χ3v) is 3.28. The van der Waals surface area contributed by atoms with Gasteiger partial charge in [0, 0.05) is 12.0 Å². The van der Waals surface area contributed by atoms with Gasteiger partial charge in [-0.3, -0.25) is 14.7 Å². The van der Waals surface area contributed by atoms with Crippen molar-refractivity contribution in [2.24, 2.45) is 0 Å². The number of hydrogen-bond donors (Lipinski definition) is 1. The second-order valence-electron chi connectivity index (χ2n) is 3.66. The minimum Gasteiger partial charge on any atom is -0.373 e. The van der Waals surface area contributed by atoms with Crippen LogP contribution in [0.2, 0.25) is 0 Å². The molecule has 1 saturated heterocycles. The van der Waals surface area contributed by atoms with Crippen molar-refractivity contribution in [1.82, 2.24) is 0 Å². The number of para-hydroxylation sites is 1. The number of nitro groups is 1. The smallest absolute Gasteiger partial charge is 0.301 e. The van der Waals surface area contributed by atoms with Gasteiger partial charge in [-0.15, -0.1) is 0 Å². The average Bonchev–Trinajstić information content (AvgIpc) is 2.99. The molecule has 1 atom stereocenters. The van der Waals surface area contributed by atoms with Crippen molar-refractivity contribution in [3.8, 4) is 0 Å². The van der Waals surface area contributed by atoms with Crippen LogP contribution in [0, 0.1) is 10.1 Å². The number of benzene rings is 1. The fourth-order valence-electron chi connectivity index (χ4n) is 1.58. The van der Waals surface area contributed by atoms with Gasteiger partial charge in [0.2, 0.25) is 0 Å². The van der Waals surface area contributed by atoms with Crippen molar-refractivity contribution >= 4 is 15.8 Å². The molecule has 1 heterocycles. The molecular formula is C9H9NO6S. The second kappa shape index (κ2) is 4.06. The van der Waals surface area contributed by atoms with E-state index in [0.717, 1.165) is 6.07 Å². The van der Waals surface area contributed by atoms with Crippen molar-refractivity contribution in [3.63, 3.8) is 0 Å². The summed E-state index contributed by atoms with van der Waals surface area (Å²) in [5.74, 6) is 0. The van der Waals surface area contributed by atoms with Crippen LogP contribution in [0.5, 0.6) is 0 Å². The lowest BCUT2D eigenvalue weighted by Crippen LogP contribution is -2.07. The van der Waals surface area contributed by atoms with Crippen molar-refractivity contribution in [2.75, 3.05) is 6.61 Å². The van der Waals surface area contributed by atoms with Gasteiger partial charge in [-0.05, 0) is 6.07 Å². The zero-order valence-corrected chi connectivity index (χ0v) is 9.38. The van der Waals surface area contributed by atoms with Crippen molar-refractivity contribution < 1.29 is 22.6 Å². The van der Waals surface area contributed by atoms with Gasteiger partial charge >= 0.3 is 10.1 Å². The number of nitro benzene ring substituents is 1. The van der Waals surface area contributed by atoms with Crippen LogP contribution in [-0.2, 0) is 21.3 Å². The SMILES string of the molecule is O=[N+]([O-])c1c(C[C@H]2CO2)cccc1S(=O)(=O)O. The fraction of sp³-hybridized carbons (Fsp3) is 0.333. The first-order chi connectivity index (χ1) is 7.89. The Morgan fingerprint density at radius 2 is 2.18 bits per heavy atom. The molecule has 92 valence electrons. The number of epoxide rings is 1. The van der Waals surface area contributed by atoms with Crippen molar-refractivity contribution in [1.29, 1.82) is 0 Å². The zero-order valence-electron chi connectivity index (χ0n) is 8.57. The summed E-state index contributed by atoms with van der Waals surface area (Å²) in [5, 5.41) is 10.9. The van der Waals surface area contributed by atoms with Crippen LogP contribution >= 0.6 is 0 Å². The molecule has 0 unspecified atom stereocenters. The summed E-state index contributed by atoms with van der Waals surface area (Å²) in [6, 6.07) is 3.81. The van der Waals surface area contributed by atoms with Crippen LogP contribution in [0.25, 0.3) is 0 Å². The Bertz CT molecular complexity index is 563. The molecule has 0 aliphatic carbocycles. The van der Waals surface area contributed by atoms with E-state index in [4.69, 9.17) is 9.29 Å². The molecule has 1 aromatic carbocycles. The zero-order chi connectivity index (χ0) is 12.6. The molecule has 1 aliphatic rings. The summed E-state index contributed by atoms with van der Waals surface area (Å²) in [6.07, 6.45) is 0.157. The maximum atomic E-state index is 11.0. The van der Waals surface area contributed by atoms with Crippen LogP contribution in [0.4, 0.5) is 5.69 Å². The minimum atomic E-state index is -4.60. The molecule has 0 radical (unpaired) electrons. The predicted molar refractivity (Wildman–Crippen MR) is 56.4 cm³/mol. The molecular weight excluding hydrogens is 250 g/mol. The van der Waals surface area contributed by atoms with E-state index in [1.54, 1.807) is 0 Å². The van der Waals surface area contributed by atoms with Gasteiger partial charge in [-0.1, -0.05) is 12.1 Å². The third kappa shape index (κ3) is 2.60. The topological polar surface area (TPSA) is 110 Å². The molecule has 1 N–H and O–H groups in total. The molecule has 1 aliphatic heterocycles. The first-order valence-corrected chi connectivity index (χ1v) is 6.19. The van der Waals surface area contributed by atoms with E-state index >= 15 is 0 Å². The van der Waals surface area contributed by atoms with E-state index in [2.05, 4.69) is 0 Å². The number of rotatable bonds is 4. The summed E-state index contributed by atoms with van der Waals surface area (Å²) in [6.45, 7) is 0.507. The van der Waals surface area contributed by atoms with E-state index in [9.17, 15) is 18.5 Å². The lowest BCUT2D eigenvalue weighted by Gasteiger charge is -2.04. The van der Waals surface area contributed by atoms with E-state index in [1.165, 1.54) is 12.1 Å². The molecule has 1 aromatic rings. The first-order valence-electron chi connectivity index (χ1n) is 4.75. The Morgan fingerprint density at radius 3 is 2.65 bits per heavy atom. The minimum absolute atomic E-state index is 0.106. The van der Waals surface area contributed by atoms with Crippen molar-refractivity contribution in [2.45, 2.75) is 17.4 Å². The largest absolute Gasteiger partial charge is 0.373 e. The predicted octanol–water partition coefficient (Wildman–Crippen LogP) is 0.783. The van der Waals surface area contributed by atoms with Gasteiger partial charge in [-0.25, -0.2) is 0 Å². The van der Waals surface area contributed by atoms with Crippen molar-refractivity contribution in [3.05, 3.63) is 33.9 Å². The summed E-state index contributed by atoms with van der Waals surface area (Å²) >= 11 is 0. The Morgan fingerprint density at radius 1 is 1.53 bits per heavy atom. The summed E-state index contributed by atoms with van der Waals surface area (Å²) in [7, 11) is -4.60. The molecule has 7 nitrogen and oxygen atoms in total. The van der Waals surface area contributed by atoms with E-state index in [-0.39, 0.29) is 18.1 Å². The summed E-state index contributed by atoms with van der Waals surface area (Å²) in [5.41, 5.74) is -0.335. The number of nitrogens with zero attached hydrogens (tertiary/aromatic N) is 1. The van der Waals surface area contributed by atoms with E-state index in [1.807, 2.05) is 0 Å². The molecule has 0 bridgehead atoms. The van der Waals surface area contributed by atoms with Gasteiger partial charge in [0.15, 0.2) is 4.90 Å². The van der Waals surface area contributed by atoms with Gasteiger partial charge < -0.3 is 4.74 Å². The molecule has 2 rings (SSSR count). The average molecular weight is 259 g/mol. The molecule has 0 aromatic heterocycles. The quantitative estimate of drug-likeness (QED) is 0.370. The molecule has 8 heteroatoms. The number of hydrogen-bond acceptors (Lipinski definition) is 5. The summed E-state index contributed by atoms with van der Waals surface area (Å²) < 4.78 is 35.9. The van der Waals surface area contributed by atoms with Crippen LogP contribution in [0.1, 0.15) is 5.56 Å². The monoisotopic (exact) mass is 259 g/mol. The molecule has 1 fully saturated rings. The molecule has 0 saturated carbocycles. The lowest BCUT2D eigenvalue weighted by molar-refractivity contribution is -0.388. The Hall–Kier alpha value is -1.51. The number of ether oxygens (including phenoxy) is 1. The van der Waals surface area contributed by atoms with Gasteiger partial charge in [0.1, 0.15) is 0 Å². The molecule has 0 spiro atoms. The highest BCUT2D eigenvalue weighted by Crippen LogP contribution is 2.30. The highest BCUT2D eigenvalue weighted by molar-refractivity contribution is 7.86. The third-order valence-electron chi connectivity index (χ3n) is 2.39. The highest BCUT2D eigenvalue weighted by Gasteiger charge is 2.31. The molecule has 0 amide bonds. The van der Waals surface area contributed by atoms with Gasteiger partial charge in [0.25, 0.3) is 5.69 Å². The van der Waals surface area contributed by atoms with E-state index < -0.39 is 25.6 Å². The van der Waals surface area contributed by atoms with Crippen LogP contribution in [0.3, 0.4) is 0 Å². The maximum Gasteiger partial charge on any atom is 0.301 e. The standard InChI is InChI=1S/C9H9NO6S/c11-10(12)9-6(4-7-5-16-7)2-1-3-8(9)17(13,14)15/h1-3,7H,4-5H2,(H,13,14,15)/t7-/m0/s1. The van der Waals surface area contributed by atoms with Gasteiger partial charge in [-0.2, -0.15) is 8.42 Å². The summed E-state index contributed by atoms with van der Waals surface area (Å²) in [4.78, 5) is 9.40. The Labute approximate surface area is 96.9 Å².